The number of rotatable bonds is 6. The lowest BCUT2D eigenvalue weighted by molar-refractivity contribution is 0.434. The molecule has 0 aliphatic heterocycles. The van der Waals surface area contributed by atoms with Crippen molar-refractivity contribution in [2.24, 2.45) is 5.92 Å². The molecule has 3 aromatic rings. The van der Waals surface area contributed by atoms with Crippen molar-refractivity contribution in [3.63, 3.8) is 0 Å². The predicted octanol–water partition coefficient (Wildman–Crippen LogP) is 6.28. The summed E-state index contributed by atoms with van der Waals surface area (Å²) in [6, 6.07) is 29.0. The first-order chi connectivity index (χ1) is 15.5. The summed E-state index contributed by atoms with van der Waals surface area (Å²) in [5.41, 5.74) is 4.21. The Bertz CT molecular complexity index is 978. The molecule has 0 aromatic heterocycles. The SMILES string of the molecule is Cc1cc(C)cc(NC(=S)N[C@H](C)C2CCCC2P(c2ccccc2)c2ccccc2)c1. The fourth-order valence-electron chi connectivity index (χ4n) is 5.11. The molecule has 3 aromatic carbocycles. The van der Waals surface area contributed by atoms with Gasteiger partial charge < -0.3 is 10.6 Å². The van der Waals surface area contributed by atoms with Crippen molar-refractivity contribution in [2.45, 2.75) is 51.7 Å². The van der Waals surface area contributed by atoms with Crippen LogP contribution in [0.5, 0.6) is 0 Å². The Morgan fingerprint density at radius 1 is 0.875 bits per heavy atom. The molecule has 4 heteroatoms. The summed E-state index contributed by atoms with van der Waals surface area (Å²) < 4.78 is 0. The molecule has 1 aliphatic carbocycles. The fourth-order valence-corrected chi connectivity index (χ4v) is 8.70. The Hall–Kier alpha value is -2.22. The largest absolute Gasteiger partial charge is 0.360 e. The number of hydrogen-bond donors (Lipinski definition) is 2. The molecule has 0 spiro atoms. The van der Waals surface area contributed by atoms with E-state index in [1.807, 2.05) is 0 Å². The van der Waals surface area contributed by atoms with Crippen LogP contribution in [-0.4, -0.2) is 16.8 Å². The van der Waals surface area contributed by atoms with E-state index in [2.05, 4.69) is 110 Å². The van der Waals surface area contributed by atoms with E-state index >= 15 is 0 Å². The Labute approximate surface area is 199 Å². The summed E-state index contributed by atoms with van der Waals surface area (Å²) in [6.45, 7) is 6.55. The number of thiocarbonyl (C=S) groups is 1. The smallest absolute Gasteiger partial charge is 0.170 e. The van der Waals surface area contributed by atoms with Gasteiger partial charge in [-0.15, -0.1) is 0 Å². The second-order valence-electron chi connectivity index (χ2n) is 8.97. The zero-order chi connectivity index (χ0) is 22.5. The molecule has 166 valence electrons. The molecular weight excluding hydrogens is 427 g/mol. The van der Waals surface area contributed by atoms with Crippen molar-refractivity contribution in [2.75, 3.05) is 5.32 Å². The first kappa shape index (κ1) is 23.0. The van der Waals surface area contributed by atoms with Gasteiger partial charge >= 0.3 is 0 Å². The van der Waals surface area contributed by atoms with Gasteiger partial charge in [-0.2, -0.15) is 0 Å². The molecule has 0 saturated heterocycles. The molecule has 1 fully saturated rings. The lowest BCUT2D eigenvalue weighted by atomic mass is 9.99. The van der Waals surface area contributed by atoms with Crippen LogP contribution in [0.3, 0.4) is 0 Å². The second-order valence-corrected chi connectivity index (χ2v) is 11.8. The van der Waals surface area contributed by atoms with Gasteiger partial charge in [-0.05, 0) is 99.2 Å². The Kier molecular flexibility index (Phi) is 7.60. The van der Waals surface area contributed by atoms with E-state index < -0.39 is 7.92 Å². The standard InChI is InChI=1S/C28H33N2PS/c1-20-17-21(2)19-23(18-20)30-28(32)29-22(3)26-15-10-16-27(26)31(24-11-6-4-7-12-24)25-13-8-5-9-14-25/h4-9,11-14,17-19,22,26-27H,10,15-16H2,1-3H3,(H2,29,30,32)/t22-,26?,27?/m1/s1. The highest BCUT2D eigenvalue weighted by Gasteiger charge is 2.38. The Morgan fingerprint density at radius 3 is 2.00 bits per heavy atom. The molecule has 0 bridgehead atoms. The van der Waals surface area contributed by atoms with Crippen LogP contribution in [0.2, 0.25) is 0 Å². The topological polar surface area (TPSA) is 24.1 Å². The Balaban J connectivity index is 1.51. The normalized spacial score (nSPS) is 19.0. The van der Waals surface area contributed by atoms with E-state index in [1.54, 1.807) is 0 Å². The summed E-state index contributed by atoms with van der Waals surface area (Å²) in [5.74, 6) is 0.598. The summed E-state index contributed by atoms with van der Waals surface area (Å²) in [4.78, 5) is 0. The zero-order valence-corrected chi connectivity index (χ0v) is 20.9. The predicted molar refractivity (Wildman–Crippen MR) is 145 cm³/mol. The Morgan fingerprint density at radius 2 is 1.44 bits per heavy atom. The van der Waals surface area contributed by atoms with Crippen LogP contribution in [0, 0.1) is 19.8 Å². The average molecular weight is 461 g/mol. The van der Waals surface area contributed by atoms with Crippen LogP contribution in [0.4, 0.5) is 5.69 Å². The molecule has 4 rings (SSSR count). The molecule has 2 N–H and O–H groups in total. The van der Waals surface area contributed by atoms with Gasteiger partial charge in [-0.3, -0.25) is 0 Å². The summed E-state index contributed by atoms with van der Waals surface area (Å²) in [7, 11) is -0.409. The van der Waals surface area contributed by atoms with Gasteiger partial charge in [-0.1, -0.05) is 73.2 Å². The lowest BCUT2D eigenvalue weighted by Crippen LogP contribution is -2.43. The first-order valence-electron chi connectivity index (χ1n) is 11.6. The highest BCUT2D eigenvalue weighted by atomic mass is 32.1. The fraction of sp³-hybridized carbons (Fsp3) is 0.321. The quantitative estimate of drug-likeness (QED) is 0.334. The summed E-state index contributed by atoms with van der Waals surface area (Å²) in [6.07, 6.45) is 3.82. The van der Waals surface area contributed by atoms with Crippen molar-refractivity contribution in [3.05, 3.63) is 90.0 Å². The second kappa shape index (κ2) is 10.6. The van der Waals surface area contributed by atoms with Gasteiger partial charge in [0, 0.05) is 11.7 Å². The maximum absolute atomic E-state index is 5.71. The molecular formula is C28H33N2PS. The van der Waals surface area contributed by atoms with Crippen LogP contribution in [0.15, 0.2) is 78.9 Å². The minimum atomic E-state index is -0.409. The molecule has 0 radical (unpaired) electrons. The minimum Gasteiger partial charge on any atom is -0.360 e. The number of benzene rings is 3. The van der Waals surface area contributed by atoms with Crippen molar-refractivity contribution < 1.29 is 0 Å². The third-order valence-corrected chi connectivity index (χ3v) is 9.65. The molecule has 32 heavy (non-hydrogen) atoms. The highest BCUT2D eigenvalue weighted by Crippen LogP contribution is 2.50. The maximum atomic E-state index is 5.71. The maximum Gasteiger partial charge on any atom is 0.170 e. The van der Waals surface area contributed by atoms with Crippen LogP contribution < -0.4 is 21.2 Å². The van der Waals surface area contributed by atoms with E-state index in [0.717, 1.165) is 10.8 Å². The summed E-state index contributed by atoms with van der Waals surface area (Å²) >= 11 is 5.71. The van der Waals surface area contributed by atoms with Gasteiger partial charge in [0.15, 0.2) is 5.11 Å². The summed E-state index contributed by atoms with van der Waals surface area (Å²) in [5, 5.41) is 10.7. The third-order valence-electron chi connectivity index (χ3n) is 6.41. The minimum absolute atomic E-state index is 0.325. The van der Waals surface area contributed by atoms with Crippen LogP contribution in [0.25, 0.3) is 0 Å². The van der Waals surface area contributed by atoms with Crippen LogP contribution in [-0.2, 0) is 0 Å². The van der Waals surface area contributed by atoms with E-state index in [9.17, 15) is 0 Å². The zero-order valence-electron chi connectivity index (χ0n) is 19.2. The number of anilines is 1. The van der Waals surface area contributed by atoms with Crippen molar-refractivity contribution in [1.82, 2.24) is 5.32 Å². The van der Waals surface area contributed by atoms with Crippen LogP contribution >= 0.6 is 20.1 Å². The monoisotopic (exact) mass is 460 g/mol. The lowest BCUT2D eigenvalue weighted by Gasteiger charge is -2.34. The molecule has 0 amide bonds. The van der Waals surface area contributed by atoms with Gasteiger partial charge in [-0.25, -0.2) is 0 Å². The van der Waals surface area contributed by atoms with Gasteiger partial charge in [0.05, 0.1) is 0 Å². The van der Waals surface area contributed by atoms with E-state index in [4.69, 9.17) is 12.2 Å². The molecule has 0 heterocycles. The number of hydrogen-bond acceptors (Lipinski definition) is 1. The van der Waals surface area contributed by atoms with Crippen molar-refractivity contribution >= 4 is 41.5 Å². The van der Waals surface area contributed by atoms with Gasteiger partial charge in [0.1, 0.15) is 0 Å². The third kappa shape index (κ3) is 5.57. The highest BCUT2D eigenvalue weighted by molar-refractivity contribution is 7.80. The van der Waals surface area contributed by atoms with Crippen molar-refractivity contribution in [1.29, 1.82) is 0 Å². The van der Waals surface area contributed by atoms with Gasteiger partial charge in [0.25, 0.3) is 0 Å². The van der Waals surface area contributed by atoms with E-state index in [1.165, 1.54) is 41.0 Å². The average Bonchev–Trinajstić information content (AvgIpc) is 3.24. The molecule has 3 atom stereocenters. The molecule has 1 saturated carbocycles. The van der Waals surface area contributed by atoms with E-state index in [-0.39, 0.29) is 0 Å². The first-order valence-corrected chi connectivity index (χ1v) is 13.4. The number of aryl methyl sites for hydroxylation is 2. The van der Waals surface area contributed by atoms with E-state index in [0.29, 0.717) is 17.6 Å². The molecule has 1 aliphatic rings. The molecule has 2 nitrogen and oxygen atoms in total. The van der Waals surface area contributed by atoms with Crippen molar-refractivity contribution in [3.8, 4) is 0 Å². The molecule has 2 unspecified atom stereocenters. The van der Waals surface area contributed by atoms with Gasteiger partial charge in [0.2, 0.25) is 0 Å². The van der Waals surface area contributed by atoms with Crippen LogP contribution in [0.1, 0.15) is 37.3 Å². The number of nitrogens with one attached hydrogen (secondary N) is 2.